The van der Waals surface area contributed by atoms with E-state index in [0.29, 0.717) is 11.5 Å². The van der Waals surface area contributed by atoms with Crippen molar-refractivity contribution in [2.24, 2.45) is 11.3 Å². The van der Waals surface area contributed by atoms with Gasteiger partial charge in [0.05, 0.1) is 12.5 Å². The highest BCUT2D eigenvalue weighted by molar-refractivity contribution is 9.21. The molecule has 0 amide bonds. The fourth-order valence-electron chi connectivity index (χ4n) is 2.62. The van der Waals surface area contributed by atoms with Gasteiger partial charge in [-0.25, -0.2) is 0 Å². The zero-order valence-electron chi connectivity index (χ0n) is 17.0. The second-order valence-corrected chi connectivity index (χ2v) is 9.60. The first-order valence-corrected chi connectivity index (χ1v) is 10.6. The Morgan fingerprint density at radius 2 is 1.93 bits per heavy atom. The van der Waals surface area contributed by atoms with E-state index in [-0.39, 0.29) is 13.0 Å². The van der Waals surface area contributed by atoms with Crippen LogP contribution in [0.1, 0.15) is 58.6 Å². The van der Waals surface area contributed by atoms with Crippen LogP contribution in [0.2, 0.25) is 0 Å². The van der Waals surface area contributed by atoms with Gasteiger partial charge < -0.3 is 15.0 Å². The maximum Gasteiger partial charge on any atom is 0.576 e. The molecule has 0 aliphatic carbocycles. The van der Waals surface area contributed by atoms with E-state index in [4.69, 9.17) is 14.9 Å². The van der Waals surface area contributed by atoms with E-state index in [0.717, 1.165) is 8.78 Å². The highest BCUT2D eigenvalue weighted by Gasteiger charge is 2.28. The summed E-state index contributed by atoms with van der Waals surface area (Å²) in [7, 11) is 0.998. The molecule has 27 heavy (non-hydrogen) atoms. The lowest BCUT2D eigenvalue weighted by atomic mass is 9.73. The molecule has 5 nitrogen and oxygen atoms in total. The molecule has 0 aliphatic heterocycles. The summed E-state index contributed by atoms with van der Waals surface area (Å²) in [5, 5.41) is 20.4. The predicted octanol–water partition coefficient (Wildman–Crippen LogP) is 5.23. The zero-order chi connectivity index (χ0) is 20.9. The van der Waals surface area contributed by atoms with Gasteiger partial charge in [0.2, 0.25) is 0 Å². The zero-order valence-corrected chi connectivity index (χ0v) is 20.1. The summed E-state index contributed by atoms with van der Waals surface area (Å²) in [6.45, 7) is 9.62. The van der Waals surface area contributed by atoms with Crippen LogP contribution in [0.5, 0.6) is 0 Å². The molecule has 0 bridgehead atoms. The summed E-state index contributed by atoms with van der Waals surface area (Å²) in [5.74, 6) is 0.752. The molecule has 0 saturated heterocycles. The van der Waals surface area contributed by atoms with E-state index >= 15 is 0 Å². The largest absolute Gasteiger partial charge is 0.576 e. The van der Waals surface area contributed by atoms with Crippen molar-refractivity contribution < 1.29 is 9.68 Å². The number of nitrogens with zero attached hydrogens (tertiary/aromatic N) is 2. The molecular formula is C19H32BBr2N3O2. The van der Waals surface area contributed by atoms with Crippen LogP contribution in [0.3, 0.4) is 0 Å². The molecule has 0 fully saturated rings. The second kappa shape index (κ2) is 14.6. The fraction of sp³-hybridized carbons (Fsp3) is 0.632. The van der Waals surface area contributed by atoms with Crippen LogP contribution in [0.4, 0.5) is 0 Å². The van der Waals surface area contributed by atoms with Crippen molar-refractivity contribution in [2.45, 2.75) is 53.0 Å². The summed E-state index contributed by atoms with van der Waals surface area (Å²) in [6.07, 6.45) is 2.70. The SMILES string of the molecule is CCC(C)C(C)(C)CC(NC)c1ccccc1.N#CCCOB(O)N(Br)Br. The number of halogens is 2. The quantitative estimate of drug-likeness (QED) is 0.259. The van der Waals surface area contributed by atoms with Gasteiger partial charge in [0, 0.05) is 44.9 Å². The van der Waals surface area contributed by atoms with Crippen LogP contribution in [0.25, 0.3) is 0 Å². The Kier molecular flexibility index (Phi) is 14.3. The van der Waals surface area contributed by atoms with Crippen LogP contribution >= 0.6 is 32.3 Å². The molecule has 2 atom stereocenters. The number of benzene rings is 1. The third kappa shape index (κ3) is 11.2. The Morgan fingerprint density at radius 3 is 2.37 bits per heavy atom. The molecule has 0 radical (unpaired) electrons. The topological polar surface area (TPSA) is 68.5 Å². The average molecular weight is 505 g/mol. The summed E-state index contributed by atoms with van der Waals surface area (Å²) < 4.78 is 5.85. The summed E-state index contributed by atoms with van der Waals surface area (Å²) in [4.78, 5) is 0. The van der Waals surface area contributed by atoms with Crippen molar-refractivity contribution in [3.8, 4) is 6.07 Å². The molecule has 2 N–H and O–H groups in total. The lowest BCUT2D eigenvalue weighted by Crippen LogP contribution is -2.28. The molecule has 2 unspecified atom stereocenters. The van der Waals surface area contributed by atoms with E-state index in [1.165, 1.54) is 18.4 Å². The third-order valence-electron chi connectivity index (χ3n) is 4.87. The van der Waals surface area contributed by atoms with Gasteiger partial charge in [0.15, 0.2) is 0 Å². The maximum absolute atomic E-state index is 8.85. The van der Waals surface area contributed by atoms with Gasteiger partial charge in [-0.2, -0.15) is 8.12 Å². The van der Waals surface area contributed by atoms with Crippen molar-refractivity contribution in [1.82, 2.24) is 8.18 Å². The lowest BCUT2D eigenvalue weighted by Gasteiger charge is -2.35. The maximum atomic E-state index is 8.85. The Morgan fingerprint density at radius 1 is 1.33 bits per heavy atom. The van der Waals surface area contributed by atoms with Gasteiger partial charge in [0.25, 0.3) is 0 Å². The van der Waals surface area contributed by atoms with E-state index in [9.17, 15) is 0 Å². The average Bonchev–Trinajstić information content (AvgIpc) is 2.66. The Hall–Kier alpha value is -0.425. The molecule has 1 aromatic carbocycles. The minimum absolute atomic E-state index is 0.214. The number of hydrogen-bond donors (Lipinski definition) is 2. The van der Waals surface area contributed by atoms with Crippen LogP contribution in [-0.4, -0.2) is 28.8 Å². The predicted molar refractivity (Wildman–Crippen MR) is 120 cm³/mol. The van der Waals surface area contributed by atoms with Crippen molar-refractivity contribution in [2.75, 3.05) is 13.7 Å². The fourth-order valence-corrected chi connectivity index (χ4v) is 2.85. The molecule has 1 rings (SSSR count). The van der Waals surface area contributed by atoms with Crippen molar-refractivity contribution >= 4 is 39.5 Å². The molecule has 0 heterocycles. The smallest absolute Gasteiger partial charge is 0.412 e. The third-order valence-corrected chi connectivity index (χ3v) is 5.58. The van der Waals surface area contributed by atoms with Gasteiger partial charge >= 0.3 is 7.25 Å². The number of rotatable bonds is 10. The van der Waals surface area contributed by atoms with Crippen LogP contribution in [-0.2, 0) is 4.65 Å². The first kappa shape index (κ1) is 26.6. The van der Waals surface area contributed by atoms with Gasteiger partial charge in [-0.3, -0.25) is 0 Å². The molecule has 1 aromatic rings. The number of hydrogen-bond acceptors (Lipinski definition) is 5. The summed E-state index contributed by atoms with van der Waals surface area (Å²) in [6, 6.07) is 13.1. The Balaban J connectivity index is 0.000000580. The first-order chi connectivity index (χ1) is 12.7. The van der Waals surface area contributed by atoms with Crippen molar-refractivity contribution in [3.63, 3.8) is 0 Å². The minimum atomic E-state index is -1.06. The monoisotopic (exact) mass is 503 g/mol. The molecule has 0 aromatic heterocycles. The lowest BCUT2D eigenvalue weighted by molar-refractivity contribution is 0.183. The highest BCUT2D eigenvalue weighted by atomic mass is 79.9. The van der Waals surface area contributed by atoms with Crippen LogP contribution in [0, 0.1) is 22.7 Å². The van der Waals surface area contributed by atoms with E-state index in [1.807, 2.05) is 6.07 Å². The van der Waals surface area contributed by atoms with Gasteiger partial charge in [-0.05, 0) is 30.4 Å². The van der Waals surface area contributed by atoms with E-state index < -0.39 is 7.25 Å². The molecule has 0 saturated carbocycles. The standard InChI is InChI=1S/C16H27N.C3H5BBr2N2O2/c1-6-13(2)16(3,4)12-15(17-5)14-10-8-7-9-11-14;5-8(6)4(9)10-3-1-2-7/h7-11,13,15,17H,6,12H2,1-5H3;9H,1,3H2. The van der Waals surface area contributed by atoms with Crippen LogP contribution in [0.15, 0.2) is 30.3 Å². The normalized spacial score (nSPS) is 13.3. The van der Waals surface area contributed by atoms with E-state index in [1.54, 1.807) is 0 Å². The Bertz CT molecular complexity index is 542. The molecular weight excluding hydrogens is 473 g/mol. The summed E-state index contributed by atoms with van der Waals surface area (Å²) >= 11 is 5.77. The van der Waals surface area contributed by atoms with Crippen molar-refractivity contribution in [3.05, 3.63) is 35.9 Å². The summed E-state index contributed by atoms with van der Waals surface area (Å²) in [5.41, 5.74) is 1.77. The molecule has 8 heteroatoms. The Labute approximate surface area is 182 Å². The van der Waals surface area contributed by atoms with Crippen LogP contribution < -0.4 is 5.32 Å². The first-order valence-electron chi connectivity index (χ1n) is 9.19. The molecule has 0 spiro atoms. The highest BCUT2D eigenvalue weighted by Crippen LogP contribution is 2.37. The van der Waals surface area contributed by atoms with Gasteiger partial charge in [0.1, 0.15) is 0 Å². The minimum Gasteiger partial charge on any atom is -0.412 e. The number of nitrogens with one attached hydrogen (secondary N) is 1. The number of nitriles is 1. The molecule has 0 aliphatic rings. The van der Waals surface area contributed by atoms with Crippen molar-refractivity contribution in [1.29, 1.82) is 5.26 Å². The molecule has 152 valence electrons. The second-order valence-electron chi connectivity index (χ2n) is 7.12. The van der Waals surface area contributed by atoms with E-state index in [2.05, 4.69) is 103 Å². The van der Waals surface area contributed by atoms with Gasteiger partial charge in [-0.1, -0.05) is 64.4 Å². The van der Waals surface area contributed by atoms with Gasteiger partial charge in [-0.15, -0.1) is 0 Å².